The molecule has 4 heteroatoms. The summed E-state index contributed by atoms with van der Waals surface area (Å²) < 4.78 is 0. The van der Waals surface area contributed by atoms with Crippen LogP contribution in [0.5, 0.6) is 0 Å². The molecule has 2 rings (SSSR count). The first-order valence-corrected chi connectivity index (χ1v) is 6.74. The van der Waals surface area contributed by atoms with Gasteiger partial charge in [-0.05, 0) is 18.4 Å². The van der Waals surface area contributed by atoms with Gasteiger partial charge < -0.3 is 10.6 Å². The molecule has 1 aliphatic rings. The quantitative estimate of drug-likeness (QED) is 0.728. The predicted molar refractivity (Wildman–Crippen MR) is 73.4 cm³/mol. The second-order valence-corrected chi connectivity index (χ2v) is 4.89. The van der Waals surface area contributed by atoms with Crippen LogP contribution >= 0.6 is 0 Å². The molecular formula is C15H19N3O. The van der Waals surface area contributed by atoms with Crippen molar-refractivity contribution in [1.82, 2.24) is 10.6 Å². The number of nitriles is 1. The average molecular weight is 257 g/mol. The molecule has 0 aromatic heterocycles. The van der Waals surface area contributed by atoms with Crippen LogP contribution in [0.3, 0.4) is 0 Å². The van der Waals surface area contributed by atoms with Crippen LogP contribution in [0.4, 0.5) is 0 Å². The van der Waals surface area contributed by atoms with E-state index in [0.717, 1.165) is 18.4 Å². The molecule has 0 radical (unpaired) electrons. The molecule has 1 saturated carbocycles. The van der Waals surface area contributed by atoms with Crippen molar-refractivity contribution in [3.8, 4) is 6.07 Å². The summed E-state index contributed by atoms with van der Waals surface area (Å²) in [6.45, 7) is 1.20. The van der Waals surface area contributed by atoms with E-state index in [1.54, 1.807) is 0 Å². The lowest BCUT2D eigenvalue weighted by atomic mass is 10.0. The number of hydrogen-bond acceptors (Lipinski definition) is 3. The standard InChI is InChI=1S/C15H19N3O/c16-10-13(12-4-2-1-3-5-12)11-17-9-8-15(19)18-14-6-7-14/h1-5,13-14,17H,6-9,11H2,(H,18,19). The maximum absolute atomic E-state index is 11.5. The number of carbonyl (C=O) groups is 1. The first-order chi connectivity index (χ1) is 9.29. The van der Waals surface area contributed by atoms with E-state index in [4.69, 9.17) is 5.26 Å². The average Bonchev–Trinajstić information content (AvgIpc) is 3.24. The van der Waals surface area contributed by atoms with Crippen LogP contribution in [0.2, 0.25) is 0 Å². The summed E-state index contributed by atoms with van der Waals surface area (Å²) in [6.07, 6.45) is 2.71. The summed E-state index contributed by atoms with van der Waals surface area (Å²) in [5, 5.41) is 15.3. The number of rotatable bonds is 7. The van der Waals surface area contributed by atoms with E-state index in [1.807, 2.05) is 30.3 Å². The molecule has 1 aromatic rings. The second kappa shape index (κ2) is 6.91. The minimum atomic E-state index is -0.160. The molecule has 0 saturated heterocycles. The van der Waals surface area contributed by atoms with Crippen molar-refractivity contribution in [1.29, 1.82) is 5.26 Å². The molecule has 1 aromatic carbocycles. The molecule has 19 heavy (non-hydrogen) atoms. The number of carbonyl (C=O) groups excluding carboxylic acids is 1. The van der Waals surface area contributed by atoms with Gasteiger partial charge in [-0.15, -0.1) is 0 Å². The zero-order valence-electron chi connectivity index (χ0n) is 10.9. The third-order valence-electron chi connectivity index (χ3n) is 3.18. The topological polar surface area (TPSA) is 64.9 Å². The Balaban J connectivity index is 1.66. The van der Waals surface area contributed by atoms with Crippen LogP contribution in [0.15, 0.2) is 30.3 Å². The largest absolute Gasteiger partial charge is 0.353 e. The number of hydrogen-bond donors (Lipinski definition) is 2. The maximum Gasteiger partial charge on any atom is 0.221 e. The van der Waals surface area contributed by atoms with Crippen molar-refractivity contribution >= 4 is 5.91 Å². The minimum Gasteiger partial charge on any atom is -0.353 e. The van der Waals surface area contributed by atoms with Crippen LogP contribution in [0.1, 0.15) is 30.7 Å². The van der Waals surface area contributed by atoms with Gasteiger partial charge >= 0.3 is 0 Å². The Morgan fingerprint density at radius 2 is 2.11 bits per heavy atom. The Morgan fingerprint density at radius 1 is 1.37 bits per heavy atom. The molecule has 1 atom stereocenters. The lowest BCUT2D eigenvalue weighted by molar-refractivity contribution is -0.121. The third kappa shape index (κ3) is 4.72. The summed E-state index contributed by atoms with van der Waals surface area (Å²) >= 11 is 0. The van der Waals surface area contributed by atoms with Gasteiger partial charge in [0.1, 0.15) is 0 Å². The molecule has 0 heterocycles. The van der Waals surface area contributed by atoms with E-state index in [-0.39, 0.29) is 11.8 Å². The Labute approximate surface area is 113 Å². The number of benzene rings is 1. The minimum absolute atomic E-state index is 0.100. The maximum atomic E-state index is 11.5. The highest BCUT2D eigenvalue weighted by molar-refractivity contribution is 5.76. The first kappa shape index (κ1) is 13.6. The van der Waals surface area contributed by atoms with Gasteiger partial charge in [-0.2, -0.15) is 5.26 Å². The predicted octanol–water partition coefficient (Wildman–Crippen LogP) is 1.55. The highest BCUT2D eigenvalue weighted by atomic mass is 16.1. The fourth-order valence-corrected chi connectivity index (χ4v) is 1.90. The van der Waals surface area contributed by atoms with Gasteiger partial charge in [0.15, 0.2) is 0 Å². The molecule has 1 fully saturated rings. The van der Waals surface area contributed by atoms with Gasteiger partial charge in [-0.1, -0.05) is 30.3 Å². The van der Waals surface area contributed by atoms with Gasteiger partial charge in [0, 0.05) is 25.6 Å². The summed E-state index contributed by atoms with van der Waals surface area (Å²) in [5.41, 5.74) is 1.01. The molecule has 1 aliphatic carbocycles. The van der Waals surface area contributed by atoms with E-state index in [0.29, 0.717) is 25.6 Å². The van der Waals surface area contributed by atoms with Crippen LogP contribution in [0, 0.1) is 11.3 Å². The lowest BCUT2D eigenvalue weighted by Crippen LogP contribution is -2.30. The molecular weight excluding hydrogens is 238 g/mol. The monoisotopic (exact) mass is 257 g/mol. The highest BCUT2D eigenvalue weighted by Gasteiger charge is 2.22. The third-order valence-corrected chi connectivity index (χ3v) is 3.18. The normalized spacial score (nSPS) is 15.5. The number of nitrogens with zero attached hydrogens (tertiary/aromatic N) is 1. The van der Waals surface area contributed by atoms with Crippen molar-refractivity contribution < 1.29 is 4.79 Å². The van der Waals surface area contributed by atoms with E-state index in [9.17, 15) is 4.79 Å². The SMILES string of the molecule is N#CC(CNCCC(=O)NC1CC1)c1ccccc1. The van der Waals surface area contributed by atoms with Gasteiger partial charge in [0.2, 0.25) is 5.91 Å². The van der Waals surface area contributed by atoms with E-state index in [1.165, 1.54) is 0 Å². The van der Waals surface area contributed by atoms with Gasteiger partial charge in [0.05, 0.1) is 12.0 Å². The lowest BCUT2D eigenvalue weighted by Gasteiger charge is -2.10. The van der Waals surface area contributed by atoms with E-state index >= 15 is 0 Å². The van der Waals surface area contributed by atoms with Gasteiger partial charge in [0.25, 0.3) is 0 Å². The first-order valence-electron chi connectivity index (χ1n) is 6.74. The van der Waals surface area contributed by atoms with E-state index in [2.05, 4.69) is 16.7 Å². The Bertz CT molecular complexity index is 448. The van der Waals surface area contributed by atoms with Crippen LogP contribution < -0.4 is 10.6 Å². The molecule has 2 N–H and O–H groups in total. The smallest absolute Gasteiger partial charge is 0.221 e. The van der Waals surface area contributed by atoms with Crippen LogP contribution in [-0.4, -0.2) is 25.0 Å². The zero-order chi connectivity index (χ0) is 13.5. The fraction of sp³-hybridized carbons (Fsp3) is 0.467. The summed E-state index contributed by atoms with van der Waals surface area (Å²) in [4.78, 5) is 11.5. The van der Waals surface area contributed by atoms with Gasteiger partial charge in [-0.3, -0.25) is 4.79 Å². The fourth-order valence-electron chi connectivity index (χ4n) is 1.90. The van der Waals surface area contributed by atoms with Crippen molar-refractivity contribution in [2.75, 3.05) is 13.1 Å². The van der Waals surface area contributed by atoms with Crippen LogP contribution in [0.25, 0.3) is 0 Å². The summed E-state index contributed by atoms with van der Waals surface area (Å²) in [6, 6.07) is 12.4. The molecule has 100 valence electrons. The van der Waals surface area contributed by atoms with Crippen molar-refractivity contribution in [2.24, 2.45) is 0 Å². The summed E-state index contributed by atoms with van der Waals surface area (Å²) in [7, 11) is 0. The molecule has 0 spiro atoms. The highest BCUT2D eigenvalue weighted by Crippen LogP contribution is 2.18. The molecule has 1 amide bonds. The Morgan fingerprint density at radius 3 is 2.74 bits per heavy atom. The molecule has 0 bridgehead atoms. The number of amides is 1. The number of nitrogens with one attached hydrogen (secondary N) is 2. The Kier molecular flexibility index (Phi) is 4.93. The molecule has 1 unspecified atom stereocenters. The molecule has 0 aliphatic heterocycles. The molecule has 4 nitrogen and oxygen atoms in total. The van der Waals surface area contributed by atoms with Crippen molar-refractivity contribution in [2.45, 2.75) is 31.2 Å². The van der Waals surface area contributed by atoms with Gasteiger partial charge in [-0.25, -0.2) is 0 Å². The summed E-state index contributed by atoms with van der Waals surface area (Å²) in [5.74, 6) is -0.0593. The Hall–Kier alpha value is -1.86. The second-order valence-electron chi connectivity index (χ2n) is 4.89. The van der Waals surface area contributed by atoms with Crippen LogP contribution in [-0.2, 0) is 4.79 Å². The zero-order valence-corrected chi connectivity index (χ0v) is 10.9. The van der Waals surface area contributed by atoms with E-state index < -0.39 is 0 Å². The van der Waals surface area contributed by atoms with Crippen molar-refractivity contribution in [3.05, 3.63) is 35.9 Å². The van der Waals surface area contributed by atoms with Crippen molar-refractivity contribution in [3.63, 3.8) is 0 Å².